The molecule has 2 N–H and O–H groups in total. The molecule has 2 aromatic carbocycles. The van der Waals surface area contributed by atoms with E-state index in [9.17, 15) is 9.90 Å². The summed E-state index contributed by atoms with van der Waals surface area (Å²) in [5.41, 5.74) is 3.24. The van der Waals surface area contributed by atoms with Crippen LogP contribution in [-0.2, 0) is 0 Å². The predicted octanol–water partition coefficient (Wildman–Crippen LogP) is 6.21. The van der Waals surface area contributed by atoms with Crippen molar-refractivity contribution in [3.05, 3.63) is 62.7 Å². The van der Waals surface area contributed by atoms with E-state index < -0.39 is 0 Å². The molecule has 0 bridgehead atoms. The maximum atomic E-state index is 12.4. The van der Waals surface area contributed by atoms with Gasteiger partial charge in [0.15, 0.2) is 0 Å². The highest BCUT2D eigenvalue weighted by atomic mass is 35.5. The molecular formula is C24H25ClN2O2S. The minimum absolute atomic E-state index is 0.107. The number of aromatic hydroxyl groups is 1. The zero-order valence-electron chi connectivity index (χ0n) is 17.3. The summed E-state index contributed by atoms with van der Waals surface area (Å²) in [6, 6.07) is 11.8. The summed E-state index contributed by atoms with van der Waals surface area (Å²) in [6.07, 6.45) is 0. The molecular weight excluding hydrogens is 416 g/mol. The van der Waals surface area contributed by atoms with Crippen molar-refractivity contribution in [3.63, 3.8) is 0 Å². The van der Waals surface area contributed by atoms with Crippen molar-refractivity contribution >= 4 is 43.9 Å². The molecule has 0 aliphatic rings. The molecule has 4 rings (SSSR count). The fourth-order valence-corrected chi connectivity index (χ4v) is 5.17. The lowest BCUT2D eigenvalue weighted by Gasteiger charge is -2.23. The number of thiophene rings is 1. The van der Waals surface area contributed by atoms with Gasteiger partial charge in [0.05, 0.1) is 10.5 Å². The molecule has 156 valence electrons. The van der Waals surface area contributed by atoms with Gasteiger partial charge >= 0.3 is 0 Å². The fourth-order valence-electron chi connectivity index (χ4n) is 4.13. The van der Waals surface area contributed by atoms with Crippen molar-refractivity contribution in [1.29, 1.82) is 0 Å². The number of halogens is 1. The number of aromatic amines is 1. The highest BCUT2D eigenvalue weighted by Crippen LogP contribution is 2.42. The molecule has 0 spiro atoms. The maximum Gasteiger partial charge on any atom is 0.266 e. The van der Waals surface area contributed by atoms with E-state index in [-0.39, 0.29) is 11.3 Å². The van der Waals surface area contributed by atoms with Crippen LogP contribution in [0.1, 0.15) is 32.3 Å². The van der Waals surface area contributed by atoms with E-state index in [0.717, 1.165) is 36.0 Å². The van der Waals surface area contributed by atoms with Gasteiger partial charge in [-0.1, -0.05) is 56.6 Å². The molecule has 6 heteroatoms. The van der Waals surface area contributed by atoms with Crippen molar-refractivity contribution in [3.8, 4) is 16.9 Å². The van der Waals surface area contributed by atoms with Gasteiger partial charge in [-0.25, -0.2) is 0 Å². The average Bonchev–Trinajstić information content (AvgIpc) is 3.24. The van der Waals surface area contributed by atoms with Crippen LogP contribution in [0.3, 0.4) is 0 Å². The number of nitrogens with zero attached hydrogens (tertiary/aromatic N) is 1. The quantitative estimate of drug-likeness (QED) is 0.374. The minimum Gasteiger partial charge on any atom is -0.507 e. The molecule has 0 amide bonds. The third-order valence-electron chi connectivity index (χ3n) is 5.83. The van der Waals surface area contributed by atoms with E-state index in [4.69, 9.17) is 11.6 Å². The Morgan fingerprint density at radius 1 is 1.17 bits per heavy atom. The Kier molecular flexibility index (Phi) is 5.87. The van der Waals surface area contributed by atoms with Crippen molar-refractivity contribution in [2.45, 2.75) is 26.7 Å². The summed E-state index contributed by atoms with van der Waals surface area (Å²) in [6.45, 7) is 9.70. The number of likely N-dealkylation sites (N-methyl/N-ethyl adjacent to an activating group) is 1. The van der Waals surface area contributed by atoms with Gasteiger partial charge < -0.3 is 15.0 Å². The molecule has 0 aliphatic carbocycles. The number of phenolic OH excluding ortho intramolecular Hbond substituents is 1. The second-order valence-electron chi connectivity index (χ2n) is 7.63. The molecule has 1 atom stereocenters. The van der Waals surface area contributed by atoms with Gasteiger partial charge in [-0.2, -0.15) is 0 Å². The van der Waals surface area contributed by atoms with Gasteiger partial charge in [-0.3, -0.25) is 4.79 Å². The van der Waals surface area contributed by atoms with Crippen LogP contribution in [0.5, 0.6) is 5.75 Å². The molecule has 0 saturated heterocycles. The molecule has 0 fully saturated rings. The van der Waals surface area contributed by atoms with Crippen LogP contribution >= 0.6 is 22.9 Å². The largest absolute Gasteiger partial charge is 0.507 e. The highest BCUT2D eigenvalue weighted by Gasteiger charge is 2.18. The highest BCUT2D eigenvalue weighted by molar-refractivity contribution is 7.17. The third-order valence-corrected chi connectivity index (χ3v) is 7.04. The lowest BCUT2D eigenvalue weighted by molar-refractivity contribution is 0.288. The monoisotopic (exact) mass is 440 g/mol. The van der Waals surface area contributed by atoms with E-state index in [2.05, 4.69) is 42.8 Å². The number of benzene rings is 2. The first-order valence-corrected chi connectivity index (χ1v) is 11.5. The Bertz CT molecular complexity index is 1260. The smallest absolute Gasteiger partial charge is 0.266 e. The molecule has 0 unspecified atom stereocenters. The van der Waals surface area contributed by atoms with Crippen molar-refractivity contribution in [2.24, 2.45) is 0 Å². The molecule has 0 aliphatic heterocycles. The molecule has 4 nitrogen and oxygen atoms in total. The number of pyridine rings is 1. The van der Waals surface area contributed by atoms with Gasteiger partial charge in [0.1, 0.15) is 10.4 Å². The topological polar surface area (TPSA) is 56.3 Å². The zero-order valence-corrected chi connectivity index (χ0v) is 18.9. The van der Waals surface area contributed by atoms with Crippen molar-refractivity contribution in [2.75, 3.05) is 19.6 Å². The number of hydrogen-bond acceptors (Lipinski definition) is 4. The predicted molar refractivity (Wildman–Crippen MR) is 128 cm³/mol. The Balaban J connectivity index is 1.84. The number of aromatic nitrogens is 1. The Hall–Kier alpha value is -2.34. The molecule has 4 aromatic rings. The van der Waals surface area contributed by atoms with Gasteiger partial charge in [0, 0.05) is 28.9 Å². The maximum absolute atomic E-state index is 12.4. The minimum atomic E-state index is -0.161. The number of rotatable bonds is 6. The summed E-state index contributed by atoms with van der Waals surface area (Å²) in [7, 11) is 0. The first kappa shape index (κ1) is 20.9. The van der Waals surface area contributed by atoms with Gasteiger partial charge in [0.2, 0.25) is 0 Å². The van der Waals surface area contributed by atoms with E-state index >= 15 is 0 Å². The lowest BCUT2D eigenvalue weighted by Crippen LogP contribution is -2.27. The second kappa shape index (κ2) is 8.42. The Labute approximate surface area is 184 Å². The number of hydrogen-bond donors (Lipinski definition) is 2. The van der Waals surface area contributed by atoms with E-state index in [0.29, 0.717) is 26.7 Å². The second-order valence-corrected chi connectivity index (χ2v) is 8.95. The molecule has 2 aromatic heterocycles. The van der Waals surface area contributed by atoms with Crippen LogP contribution < -0.4 is 5.56 Å². The van der Waals surface area contributed by atoms with Crippen LogP contribution in [0.15, 0.2) is 46.6 Å². The van der Waals surface area contributed by atoms with Crippen LogP contribution in [-0.4, -0.2) is 34.6 Å². The molecule has 30 heavy (non-hydrogen) atoms. The summed E-state index contributed by atoms with van der Waals surface area (Å²) >= 11 is 7.76. The standard InChI is InChI=1S/C24H25ClN2O2S/c1-4-27(5-2)13-14(3)15-6-8-16(9-7-15)20-19(28)12-18(25)22-21(20)17-10-11-30-23(17)24(29)26-22/h6-12,14,28H,4-5,13H2,1-3H3,(H,26,29)/t14-/m1/s1. The van der Waals surface area contributed by atoms with E-state index in [1.165, 1.54) is 23.0 Å². The van der Waals surface area contributed by atoms with Gasteiger partial charge in [0.25, 0.3) is 5.56 Å². The average molecular weight is 441 g/mol. The number of phenols is 1. The fraction of sp³-hybridized carbons (Fsp3) is 0.292. The van der Waals surface area contributed by atoms with Crippen LogP contribution in [0.2, 0.25) is 5.02 Å². The summed E-state index contributed by atoms with van der Waals surface area (Å²) < 4.78 is 0.634. The number of fused-ring (bicyclic) bond motifs is 3. The van der Waals surface area contributed by atoms with Crippen molar-refractivity contribution in [1.82, 2.24) is 9.88 Å². The first-order valence-electron chi connectivity index (χ1n) is 10.2. The Morgan fingerprint density at radius 3 is 2.53 bits per heavy atom. The number of nitrogens with one attached hydrogen (secondary N) is 1. The van der Waals surface area contributed by atoms with Gasteiger partial charge in [-0.05, 0) is 41.6 Å². The number of H-pyrrole nitrogens is 1. The summed E-state index contributed by atoms with van der Waals surface area (Å²) in [5.74, 6) is 0.519. The normalized spacial score (nSPS) is 12.8. The third kappa shape index (κ3) is 3.62. The van der Waals surface area contributed by atoms with E-state index in [1.54, 1.807) is 0 Å². The summed E-state index contributed by atoms with van der Waals surface area (Å²) in [4.78, 5) is 17.7. The van der Waals surface area contributed by atoms with Crippen molar-refractivity contribution < 1.29 is 5.11 Å². The van der Waals surface area contributed by atoms with Gasteiger partial charge in [-0.15, -0.1) is 11.3 Å². The van der Waals surface area contributed by atoms with Crippen LogP contribution in [0, 0.1) is 0 Å². The van der Waals surface area contributed by atoms with Crippen LogP contribution in [0.4, 0.5) is 0 Å². The summed E-state index contributed by atoms with van der Waals surface area (Å²) in [5, 5.41) is 14.6. The first-order chi connectivity index (χ1) is 14.4. The SMILES string of the molecule is CCN(CC)C[C@@H](C)c1ccc(-c2c(O)cc(Cl)c3[nH]c(=O)c4sccc4c23)cc1. The molecule has 0 radical (unpaired) electrons. The Morgan fingerprint density at radius 2 is 1.87 bits per heavy atom. The van der Waals surface area contributed by atoms with Crippen LogP contribution in [0.25, 0.3) is 32.1 Å². The molecule has 2 heterocycles. The molecule has 0 saturated carbocycles. The zero-order chi connectivity index (χ0) is 21.4. The van der Waals surface area contributed by atoms with E-state index in [1.807, 2.05) is 23.6 Å². The lowest BCUT2D eigenvalue weighted by atomic mass is 9.94.